The summed E-state index contributed by atoms with van der Waals surface area (Å²) >= 11 is 1.60. The molecule has 4 fully saturated rings. The lowest BCUT2D eigenvalue weighted by molar-refractivity contribution is -0.137. The molecular formula is C53H61F3N10O7SSi. The summed E-state index contributed by atoms with van der Waals surface area (Å²) in [6.45, 7) is 8.61. The fourth-order valence-corrected chi connectivity index (χ4v) is 15.6. The van der Waals surface area contributed by atoms with Gasteiger partial charge in [0, 0.05) is 54.2 Å². The largest absolute Gasteiger partial charge is 0.464 e. The Hall–Kier alpha value is -6.68. The van der Waals surface area contributed by atoms with Crippen LogP contribution in [0.1, 0.15) is 111 Å². The van der Waals surface area contributed by atoms with Crippen LogP contribution < -0.4 is 15.4 Å². The third-order valence-corrected chi connectivity index (χ3v) is 19.5. The topological polar surface area (TPSA) is 202 Å². The Kier molecular flexibility index (Phi) is 13.1. The molecule has 75 heavy (non-hydrogen) atoms. The number of alkyl carbamates (subject to hydrolysis) is 2. The number of H-pyrrole nitrogens is 2. The minimum absolute atomic E-state index is 0.0960. The smallest absolute Gasteiger partial charge is 0.407 e. The molecule has 0 spiro atoms. The molecule has 5 atom stereocenters. The maximum absolute atomic E-state index is 17.0. The molecule has 22 heteroatoms. The number of imidazole rings is 2. The fourth-order valence-electron chi connectivity index (χ4n) is 11.6. The van der Waals surface area contributed by atoms with E-state index in [2.05, 4.69) is 33.7 Å². The average molecular weight is 1070 g/mol. The Morgan fingerprint density at radius 3 is 2.23 bits per heavy atom. The Labute approximate surface area is 436 Å². The second kappa shape index (κ2) is 19.5. The van der Waals surface area contributed by atoms with Gasteiger partial charge in [-0.2, -0.15) is 0 Å². The van der Waals surface area contributed by atoms with Crippen LogP contribution in [0.4, 0.5) is 22.8 Å². The standard InChI is InChI=1S/C53H61F3N10O7SSi/c1-27(2)43(62-51(69)71-3)48(67)64-17-7-8-37(64)45-57-23-35(61-45)31-19-33(54)42-38-20-32-18-30(11-12-36(32)66(38)50(73-40(42)21-31)41-24-59-47(74-41)29-9-10-29)34-22-58-46(60-34)39-25-75(5,6)26-65(39)49(68)44(63-52(70)72-4)28-13-15-53(55,56)16-14-28/h11-12,18-24,27-29,37,39,43-44,50H,7-10,13-17,25-26H2,1-6H3,(H,57,61)(H,58,60)(H,62,69)(H,63,70)/t37-,39-,43-,44?,50-/m0/s1. The van der Waals surface area contributed by atoms with E-state index in [1.54, 1.807) is 33.5 Å². The number of rotatable bonds is 12. The summed E-state index contributed by atoms with van der Waals surface area (Å²) in [5.74, 6) is -2.62. The number of methoxy groups -OCH3 is 2. The van der Waals surface area contributed by atoms with Crippen LogP contribution in [0.2, 0.25) is 19.1 Å². The number of carbonyl (C=O) groups excluding carboxylic acids is 4. The highest BCUT2D eigenvalue weighted by Crippen LogP contribution is 2.50. The number of aromatic nitrogens is 6. The molecule has 2 saturated heterocycles. The monoisotopic (exact) mass is 1070 g/mol. The zero-order chi connectivity index (χ0) is 52.7. The van der Waals surface area contributed by atoms with Crippen LogP contribution in [0.3, 0.4) is 0 Å². The van der Waals surface area contributed by atoms with Gasteiger partial charge in [-0.1, -0.05) is 33.0 Å². The van der Waals surface area contributed by atoms with Crippen LogP contribution in [0.15, 0.2) is 55.0 Å². The van der Waals surface area contributed by atoms with Crippen molar-refractivity contribution >= 4 is 54.3 Å². The normalized spacial score (nSPS) is 21.9. The SMILES string of the molecule is COC(=O)NC(C(=O)N1C[Si](C)(C)C[C@H]1c1ncc(-c2ccc3c(c2)cc2n3[C@H](c3cnc(C4CC4)s3)Oc3cc(-c4cnc([C@@H]5CCCN5C(=O)[C@@H](NC(=O)OC)C(C)C)[nH]4)cc(F)c3-2)[nH]1)C1CCC(F)(F)CC1. The second-order valence-corrected chi connectivity index (χ2v) is 28.1. The number of likely N-dealkylation sites (tertiary alicyclic amines) is 1. The van der Waals surface area contributed by atoms with E-state index in [4.69, 9.17) is 29.2 Å². The summed E-state index contributed by atoms with van der Waals surface area (Å²) in [7, 11) is 0.467. The Morgan fingerprint density at radius 2 is 1.53 bits per heavy atom. The number of nitrogens with one attached hydrogen (secondary N) is 4. The highest BCUT2D eigenvalue weighted by molar-refractivity contribution is 7.11. The van der Waals surface area contributed by atoms with Crippen LogP contribution in [0.25, 0.3) is 44.7 Å². The molecule has 17 nitrogen and oxygen atoms in total. The van der Waals surface area contributed by atoms with E-state index in [9.17, 15) is 28.0 Å². The lowest BCUT2D eigenvalue weighted by atomic mass is 9.81. The Balaban J connectivity index is 0.901. The highest BCUT2D eigenvalue weighted by Gasteiger charge is 2.48. The number of alkyl halides is 2. The molecule has 2 saturated carbocycles. The number of thiazole rings is 1. The summed E-state index contributed by atoms with van der Waals surface area (Å²) < 4.78 is 64.1. The van der Waals surface area contributed by atoms with Crippen molar-refractivity contribution in [2.75, 3.05) is 26.9 Å². The highest BCUT2D eigenvalue weighted by atomic mass is 32.1. The number of hydrogen-bond acceptors (Lipinski definition) is 11. The number of amides is 4. The van der Waals surface area contributed by atoms with Gasteiger partial charge in [-0.25, -0.2) is 37.7 Å². The number of carbonyl (C=O) groups is 4. The molecule has 3 aliphatic heterocycles. The number of aromatic amines is 2. The van der Waals surface area contributed by atoms with Crippen LogP contribution in [-0.4, -0.2) is 116 Å². The van der Waals surface area contributed by atoms with E-state index < -0.39 is 62.3 Å². The van der Waals surface area contributed by atoms with Crippen molar-refractivity contribution < 1.29 is 46.6 Å². The van der Waals surface area contributed by atoms with Gasteiger partial charge >= 0.3 is 12.2 Å². The summed E-state index contributed by atoms with van der Waals surface area (Å²) in [6.07, 6.45) is 6.65. The summed E-state index contributed by atoms with van der Waals surface area (Å²) in [6, 6.07) is 9.32. The lowest BCUT2D eigenvalue weighted by Gasteiger charge is -2.36. The first-order chi connectivity index (χ1) is 35.9. The molecule has 4 amide bonds. The van der Waals surface area contributed by atoms with Crippen LogP contribution >= 0.6 is 11.3 Å². The molecule has 11 rings (SSSR count). The molecular weight excluding hydrogens is 1010 g/mol. The fraction of sp³-hybridized carbons (Fsp3) is 0.491. The lowest BCUT2D eigenvalue weighted by Crippen LogP contribution is -2.54. The number of halogens is 3. The zero-order valence-electron chi connectivity index (χ0n) is 42.7. The average Bonchev–Trinajstić information content (AvgIpc) is 4.11. The number of nitrogens with zero attached hydrogens (tertiary/aromatic N) is 6. The molecule has 396 valence electrons. The van der Waals surface area contributed by atoms with E-state index >= 15 is 4.39 Å². The predicted molar refractivity (Wildman–Crippen MR) is 276 cm³/mol. The zero-order valence-corrected chi connectivity index (χ0v) is 44.5. The molecule has 5 aliphatic rings. The van der Waals surface area contributed by atoms with Crippen molar-refractivity contribution in [3.05, 3.63) is 82.3 Å². The predicted octanol–water partition coefficient (Wildman–Crippen LogP) is 10.2. The third-order valence-electron chi connectivity index (χ3n) is 15.7. The van der Waals surface area contributed by atoms with Gasteiger partial charge in [0.1, 0.15) is 35.3 Å². The number of hydrogen-bond donors (Lipinski definition) is 4. The van der Waals surface area contributed by atoms with Crippen molar-refractivity contribution in [2.45, 2.75) is 127 Å². The quantitative estimate of drug-likeness (QED) is 0.0855. The number of benzene rings is 2. The summed E-state index contributed by atoms with van der Waals surface area (Å²) in [5, 5.41) is 7.25. The van der Waals surface area contributed by atoms with Gasteiger partial charge in [0.15, 0.2) is 0 Å². The first-order valence-corrected chi connectivity index (χ1v) is 30.0. The molecule has 4 N–H and O–H groups in total. The minimum atomic E-state index is -2.81. The molecule has 1 unspecified atom stereocenters. The first kappa shape index (κ1) is 50.5. The maximum Gasteiger partial charge on any atom is 0.407 e. The summed E-state index contributed by atoms with van der Waals surface area (Å²) in [5.41, 5.74) is 4.31. The Bertz CT molecular complexity index is 3190. The van der Waals surface area contributed by atoms with E-state index in [0.29, 0.717) is 76.7 Å². The molecule has 6 aromatic rings. The summed E-state index contributed by atoms with van der Waals surface area (Å²) in [4.78, 5) is 78.7. The van der Waals surface area contributed by atoms with Gasteiger partial charge in [-0.05, 0) is 86.7 Å². The van der Waals surface area contributed by atoms with Crippen molar-refractivity contribution in [2.24, 2.45) is 11.8 Å². The van der Waals surface area contributed by atoms with E-state index in [1.165, 1.54) is 20.3 Å². The third kappa shape index (κ3) is 9.67. The van der Waals surface area contributed by atoms with E-state index in [1.807, 2.05) is 54.9 Å². The molecule has 0 radical (unpaired) electrons. The van der Waals surface area contributed by atoms with Gasteiger partial charge in [0.25, 0.3) is 0 Å². The van der Waals surface area contributed by atoms with Gasteiger partial charge in [-0.3, -0.25) is 14.2 Å². The minimum Gasteiger partial charge on any atom is -0.464 e. The van der Waals surface area contributed by atoms with Crippen LogP contribution in [0, 0.1) is 17.7 Å². The number of fused-ring (bicyclic) bond motifs is 5. The van der Waals surface area contributed by atoms with Crippen molar-refractivity contribution in [1.29, 1.82) is 0 Å². The molecule has 2 aromatic carbocycles. The second-order valence-electron chi connectivity index (χ2n) is 21.9. The van der Waals surface area contributed by atoms with Crippen molar-refractivity contribution in [3.8, 4) is 39.5 Å². The van der Waals surface area contributed by atoms with E-state index in [0.717, 1.165) is 45.6 Å². The number of ether oxygens (including phenoxy) is 3. The van der Waals surface area contributed by atoms with Crippen LogP contribution in [-0.2, 0) is 19.1 Å². The molecule has 7 heterocycles. The van der Waals surface area contributed by atoms with Crippen molar-refractivity contribution in [1.82, 2.24) is 49.9 Å². The van der Waals surface area contributed by atoms with Crippen LogP contribution in [0.5, 0.6) is 5.75 Å². The van der Waals surface area contributed by atoms with Gasteiger partial charge in [-0.15, -0.1) is 11.3 Å². The molecule has 0 bridgehead atoms. The van der Waals surface area contributed by atoms with E-state index in [-0.39, 0.29) is 49.5 Å². The Morgan fingerprint density at radius 1 is 0.840 bits per heavy atom. The van der Waals surface area contributed by atoms with Gasteiger partial charge < -0.3 is 44.6 Å². The van der Waals surface area contributed by atoms with Gasteiger partial charge in [0.2, 0.25) is 24.0 Å². The molecule has 2 aliphatic carbocycles. The first-order valence-electron chi connectivity index (χ1n) is 25.8. The van der Waals surface area contributed by atoms with Gasteiger partial charge in [0.05, 0.1) is 84.8 Å². The van der Waals surface area contributed by atoms with Crippen molar-refractivity contribution in [3.63, 3.8) is 0 Å². The maximum atomic E-state index is 17.0. The molecule has 4 aromatic heterocycles.